The quantitative estimate of drug-likeness (QED) is 0.276. The van der Waals surface area contributed by atoms with Crippen LogP contribution >= 0.6 is 11.6 Å². The van der Waals surface area contributed by atoms with Crippen molar-refractivity contribution in [3.05, 3.63) is 87.9 Å². The van der Waals surface area contributed by atoms with E-state index in [0.717, 1.165) is 11.1 Å². The van der Waals surface area contributed by atoms with Crippen LogP contribution in [-0.2, 0) is 14.3 Å². The Kier molecular flexibility index (Phi) is 9.44. The number of hydrogen-bond acceptors (Lipinski definition) is 6. The second-order valence-corrected chi connectivity index (χ2v) is 12.1. The third-order valence-corrected chi connectivity index (χ3v) is 7.54. The molecule has 1 unspecified atom stereocenters. The molecule has 1 heterocycles. The monoisotopic (exact) mass is 618 g/mol. The van der Waals surface area contributed by atoms with Gasteiger partial charge in [-0.3, -0.25) is 14.4 Å². The normalized spacial score (nSPS) is 14.8. The first-order valence-corrected chi connectivity index (χ1v) is 14.4. The standard InChI is InChI=1S/C33H35ClN4O6/c1-19-11-14-26-27(15-19)37(18-28(39)22-10-8-7-9-20(22)2)29(40)25(17-38(26)31(42)33(3,4)5)36-32(43)35-21-12-13-24(34)23(16-21)30(41)44-6/h7-16,25H,17-18H2,1-6H3,(H2,35,36,43). The summed E-state index contributed by atoms with van der Waals surface area (Å²) in [7, 11) is 1.21. The van der Waals surface area contributed by atoms with Gasteiger partial charge in [-0.2, -0.15) is 0 Å². The molecule has 11 heteroatoms. The highest BCUT2D eigenvalue weighted by atomic mass is 35.5. The molecule has 0 radical (unpaired) electrons. The average Bonchev–Trinajstić information content (AvgIpc) is 3.07. The Labute approximate surface area is 261 Å². The Hall–Kier alpha value is -4.70. The first kappa shape index (κ1) is 32.2. The number of fused-ring (bicyclic) bond motifs is 1. The fourth-order valence-corrected chi connectivity index (χ4v) is 5.12. The van der Waals surface area contributed by atoms with Crippen LogP contribution in [0.5, 0.6) is 0 Å². The highest BCUT2D eigenvalue weighted by Crippen LogP contribution is 2.36. The maximum atomic E-state index is 14.2. The molecule has 1 atom stereocenters. The van der Waals surface area contributed by atoms with E-state index in [0.29, 0.717) is 16.9 Å². The molecule has 3 aromatic rings. The van der Waals surface area contributed by atoms with Crippen LogP contribution in [-0.4, -0.2) is 55.8 Å². The van der Waals surface area contributed by atoms with Crippen LogP contribution in [0.4, 0.5) is 21.9 Å². The number of Topliss-reactive ketones (excluding diaryl/α,β-unsaturated/α-hetero) is 1. The van der Waals surface area contributed by atoms with Gasteiger partial charge in [0.05, 0.1) is 42.2 Å². The van der Waals surface area contributed by atoms with Crippen LogP contribution in [0.3, 0.4) is 0 Å². The SMILES string of the molecule is COC(=O)c1cc(NC(=O)NC2CN(C(=O)C(C)(C)C)c3ccc(C)cc3N(CC(=O)c3ccccc3C)C2=O)ccc1Cl. The maximum Gasteiger partial charge on any atom is 0.339 e. The predicted molar refractivity (Wildman–Crippen MR) is 170 cm³/mol. The van der Waals surface area contributed by atoms with E-state index in [4.69, 9.17) is 16.3 Å². The molecule has 230 valence electrons. The highest BCUT2D eigenvalue weighted by molar-refractivity contribution is 6.33. The summed E-state index contributed by atoms with van der Waals surface area (Å²) in [5.41, 5.74) is 2.34. The molecule has 3 aromatic carbocycles. The molecule has 0 fully saturated rings. The predicted octanol–water partition coefficient (Wildman–Crippen LogP) is 5.54. The Morgan fingerprint density at radius 1 is 0.955 bits per heavy atom. The highest BCUT2D eigenvalue weighted by Gasteiger charge is 2.40. The summed E-state index contributed by atoms with van der Waals surface area (Å²) in [4.78, 5) is 69.7. The molecule has 1 aliphatic heterocycles. The average molecular weight is 619 g/mol. The number of amides is 4. The van der Waals surface area contributed by atoms with Crippen molar-refractivity contribution in [3.8, 4) is 0 Å². The number of aryl methyl sites for hydroxylation is 2. The van der Waals surface area contributed by atoms with E-state index in [1.165, 1.54) is 35.1 Å². The number of methoxy groups -OCH3 is 1. The minimum atomic E-state index is -1.23. The zero-order valence-electron chi connectivity index (χ0n) is 25.5. The van der Waals surface area contributed by atoms with E-state index in [1.807, 2.05) is 32.0 Å². The van der Waals surface area contributed by atoms with Crippen LogP contribution in [0, 0.1) is 19.3 Å². The van der Waals surface area contributed by atoms with Crippen molar-refractivity contribution in [1.29, 1.82) is 0 Å². The molecule has 2 N–H and O–H groups in total. The van der Waals surface area contributed by atoms with Crippen LogP contribution in [0.25, 0.3) is 0 Å². The molecule has 0 saturated carbocycles. The molecule has 4 rings (SSSR count). The number of hydrogen-bond donors (Lipinski definition) is 2. The van der Waals surface area contributed by atoms with E-state index in [2.05, 4.69) is 10.6 Å². The zero-order chi connectivity index (χ0) is 32.3. The smallest absolute Gasteiger partial charge is 0.339 e. The molecule has 4 amide bonds. The topological polar surface area (TPSA) is 125 Å². The summed E-state index contributed by atoms with van der Waals surface area (Å²) in [5.74, 6) is -1.81. The van der Waals surface area contributed by atoms with Crippen molar-refractivity contribution in [2.75, 3.05) is 35.3 Å². The van der Waals surface area contributed by atoms with E-state index in [-0.39, 0.29) is 41.1 Å². The number of nitrogens with zero attached hydrogens (tertiary/aromatic N) is 2. The van der Waals surface area contributed by atoms with Crippen LogP contribution in [0.2, 0.25) is 5.02 Å². The summed E-state index contributed by atoms with van der Waals surface area (Å²) < 4.78 is 4.74. The number of urea groups is 1. The Balaban J connectivity index is 1.73. The molecule has 44 heavy (non-hydrogen) atoms. The fourth-order valence-electron chi connectivity index (χ4n) is 4.92. The van der Waals surface area contributed by atoms with Crippen molar-refractivity contribution in [2.45, 2.75) is 40.7 Å². The van der Waals surface area contributed by atoms with Crippen LogP contribution < -0.4 is 20.4 Å². The van der Waals surface area contributed by atoms with E-state index >= 15 is 0 Å². The number of carbonyl (C=O) groups is 5. The lowest BCUT2D eigenvalue weighted by Gasteiger charge is -2.31. The Bertz CT molecular complexity index is 1650. The molecular formula is C33H35ClN4O6. The zero-order valence-corrected chi connectivity index (χ0v) is 26.2. The second kappa shape index (κ2) is 12.9. The minimum absolute atomic E-state index is 0.0474. The number of halogens is 1. The van der Waals surface area contributed by atoms with Gasteiger partial charge in [-0.05, 0) is 55.3 Å². The molecule has 0 bridgehead atoms. The minimum Gasteiger partial charge on any atom is -0.465 e. The largest absolute Gasteiger partial charge is 0.465 e. The van der Waals surface area contributed by atoms with Crippen LogP contribution in [0.15, 0.2) is 60.7 Å². The third kappa shape index (κ3) is 6.92. The lowest BCUT2D eigenvalue weighted by atomic mass is 9.94. The number of esters is 1. The van der Waals surface area contributed by atoms with Crippen molar-refractivity contribution < 1.29 is 28.7 Å². The number of ketones is 1. The van der Waals surface area contributed by atoms with Gasteiger partial charge in [0.15, 0.2) is 5.78 Å². The van der Waals surface area contributed by atoms with Gasteiger partial charge in [0.25, 0.3) is 5.91 Å². The Morgan fingerprint density at radius 3 is 2.32 bits per heavy atom. The first-order valence-electron chi connectivity index (χ1n) is 14.0. The number of benzene rings is 3. The van der Waals surface area contributed by atoms with Gasteiger partial charge < -0.3 is 25.2 Å². The molecule has 0 aromatic heterocycles. The lowest BCUT2D eigenvalue weighted by Crippen LogP contribution is -2.55. The summed E-state index contributed by atoms with van der Waals surface area (Å²) in [6.07, 6.45) is 0. The van der Waals surface area contributed by atoms with Gasteiger partial charge in [0, 0.05) is 16.7 Å². The molecular weight excluding hydrogens is 584 g/mol. The number of carbonyl (C=O) groups excluding carboxylic acids is 5. The van der Waals surface area contributed by atoms with E-state index < -0.39 is 29.4 Å². The van der Waals surface area contributed by atoms with Crippen molar-refractivity contribution in [3.63, 3.8) is 0 Å². The molecule has 0 aliphatic carbocycles. The second-order valence-electron chi connectivity index (χ2n) is 11.7. The summed E-state index contributed by atoms with van der Waals surface area (Å²) in [5, 5.41) is 5.43. The Morgan fingerprint density at radius 2 is 1.66 bits per heavy atom. The lowest BCUT2D eigenvalue weighted by molar-refractivity contribution is -0.126. The fraction of sp³-hybridized carbons (Fsp3) is 0.303. The van der Waals surface area contributed by atoms with Gasteiger partial charge in [0.2, 0.25) is 5.91 Å². The third-order valence-electron chi connectivity index (χ3n) is 7.21. The van der Waals surface area contributed by atoms with Crippen LogP contribution in [0.1, 0.15) is 52.6 Å². The van der Waals surface area contributed by atoms with Gasteiger partial charge in [0.1, 0.15) is 6.04 Å². The number of ether oxygens (including phenoxy) is 1. The molecule has 10 nitrogen and oxygen atoms in total. The summed E-state index contributed by atoms with van der Waals surface area (Å²) >= 11 is 6.10. The number of nitrogens with one attached hydrogen (secondary N) is 2. The van der Waals surface area contributed by atoms with Gasteiger partial charge >= 0.3 is 12.0 Å². The number of anilines is 3. The molecule has 0 spiro atoms. The van der Waals surface area contributed by atoms with Gasteiger partial charge in [-0.15, -0.1) is 0 Å². The van der Waals surface area contributed by atoms with Crippen molar-refractivity contribution in [1.82, 2.24) is 5.32 Å². The molecule has 0 saturated heterocycles. The molecule has 1 aliphatic rings. The summed E-state index contributed by atoms with van der Waals surface area (Å²) in [6, 6.07) is 14.7. The maximum absolute atomic E-state index is 14.2. The van der Waals surface area contributed by atoms with Gasteiger partial charge in [-0.1, -0.05) is 62.7 Å². The first-order chi connectivity index (χ1) is 20.7. The number of rotatable bonds is 6. The van der Waals surface area contributed by atoms with Gasteiger partial charge in [-0.25, -0.2) is 9.59 Å². The van der Waals surface area contributed by atoms with Crippen molar-refractivity contribution in [2.24, 2.45) is 5.41 Å². The van der Waals surface area contributed by atoms with E-state index in [1.54, 1.807) is 45.0 Å². The van der Waals surface area contributed by atoms with E-state index in [9.17, 15) is 24.0 Å². The van der Waals surface area contributed by atoms with Crippen molar-refractivity contribution >= 4 is 58.3 Å². The summed E-state index contributed by atoms with van der Waals surface area (Å²) in [6.45, 7) is 8.48.